The minimum atomic E-state index is -0.634. The molecule has 0 aliphatic carbocycles. The predicted octanol–water partition coefficient (Wildman–Crippen LogP) is 4.08. The third-order valence-corrected chi connectivity index (χ3v) is 6.08. The quantitative estimate of drug-likeness (QED) is 0.404. The summed E-state index contributed by atoms with van der Waals surface area (Å²) in [7, 11) is 0. The van der Waals surface area contributed by atoms with Crippen LogP contribution in [0.1, 0.15) is 70.4 Å². The lowest BCUT2D eigenvalue weighted by Crippen LogP contribution is -2.43. The Balaban J connectivity index is 1.62. The maximum atomic E-state index is 14.5. The van der Waals surface area contributed by atoms with Gasteiger partial charge in [0.15, 0.2) is 17.2 Å². The molecule has 1 N–H and O–H groups in total. The van der Waals surface area contributed by atoms with Crippen LogP contribution in [0.2, 0.25) is 0 Å². The summed E-state index contributed by atoms with van der Waals surface area (Å²) in [5.41, 5.74) is 0.371. The number of aromatic nitrogens is 4. The Morgan fingerprint density at radius 3 is 2.73 bits per heavy atom. The summed E-state index contributed by atoms with van der Waals surface area (Å²) in [6, 6.07) is 0.317. The number of nitrogens with zero attached hydrogens (tertiary/aromatic N) is 5. The monoisotopic (exact) mass is 558 g/mol. The number of alkyl carbamates (subject to hydrolysis) is 1. The van der Waals surface area contributed by atoms with E-state index in [0.717, 1.165) is 6.20 Å². The molecule has 0 radical (unpaired) electrons. The Morgan fingerprint density at radius 1 is 1.27 bits per heavy atom. The molecule has 4 rings (SSSR count). The number of ether oxygens (including phenoxy) is 4. The number of carbonyl (C=O) groups is 2. The first-order valence-electron chi connectivity index (χ1n) is 13.1. The number of fused-ring (bicyclic) bond motifs is 2. The largest absolute Gasteiger partial charge is 0.486 e. The predicted molar refractivity (Wildman–Crippen MR) is 143 cm³/mol. The summed E-state index contributed by atoms with van der Waals surface area (Å²) in [4.78, 5) is 35.5. The average Bonchev–Trinajstić information content (AvgIpc) is 3.28. The SMILES string of the molecule is CCOC(=O)c1cnn2cc3c(nc12)N([C@H](C)c1cc(F)cnc1OC[C@@H](C)NC(=O)OC(C)(C)C)[C@H](C)CO3. The molecule has 0 saturated carbocycles. The number of anilines is 1. The van der Waals surface area contributed by atoms with Gasteiger partial charge in [-0.05, 0) is 54.5 Å². The molecule has 13 heteroatoms. The zero-order valence-corrected chi connectivity index (χ0v) is 23.7. The first kappa shape index (κ1) is 28.8. The highest BCUT2D eigenvalue weighted by Gasteiger charge is 2.34. The van der Waals surface area contributed by atoms with Crippen LogP contribution in [0, 0.1) is 5.82 Å². The zero-order valence-electron chi connectivity index (χ0n) is 23.7. The number of rotatable bonds is 8. The minimum absolute atomic E-state index is 0.0739. The molecule has 216 valence electrons. The fourth-order valence-electron chi connectivity index (χ4n) is 4.36. The molecule has 0 bridgehead atoms. The van der Waals surface area contributed by atoms with Crippen molar-refractivity contribution in [1.82, 2.24) is 24.9 Å². The van der Waals surface area contributed by atoms with Crippen LogP contribution in [0.15, 0.2) is 24.7 Å². The third kappa shape index (κ3) is 6.35. The van der Waals surface area contributed by atoms with E-state index in [4.69, 9.17) is 23.9 Å². The van der Waals surface area contributed by atoms with E-state index in [0.29, 0.717) is 29.4 Å². The molecule has 4 heterocycles. The topological polar surface area (TPSA) is 129 Å². The molecule has 0 saturated heterocycles. The smallest absolute Gasteiger partial charge is 0.407 e. The highest BCUT2D eigenvalue weighted by atomic mass is 19.1. The van der Waals surface area contributed by atoms with Crippen LogP contribution in [0.3, 0.4) is 0 Å². The molecular formula is C27H35FN6O6. The van der Waals surface area contributed by atoms with Gasteiger partial charge in [0.05, 0.1) is 43.3 Å². The van der Waals surface area contributed by atoms with Crippen LogP contribution >= 0.6 is 0 Å². The van der Waals surface area contributed by atoms with Crippen molar-refractivity contribution < 1.29 is 32.9 Å². The number of pyridine rings is 1. The van der Waals surface area contributed by atoms with Gasteiger partial charge >= 0.3 is 12.1 Å². The maximum absolute atomic E-state index is 14.5. The number of esters is 1. The number of halogens is 1. The summed E-state index contributed by atoms with van der Waals surface area (Å²) < 4.78 is 38.2. The summed E-state index contributed by atoms with van der Waals surface area (Å²) >= 11 is 0. The van der Waals surface area contributed by atoms with Crippen LogP contribution in [0.25, 0.3) is 5.65 Å². The van der Waals surface area contributed by atoms with Crippen molar-refractivity contribution in [3.8, 4) is 11.6 Å². The van der Waals surface area contributed by atoms with E-state index < -0.39 is 35.6 Å². The Hall–Kier alpha value is -4.16. The van der Waals surface area contributed by atoms with E-state index >= 15 is 0 Å². The molecule has 3 atom stereocenters. The second-order valence-corrected chi connectivity index (χ2v) is 10.6. The molecule has 3 aromatic heterocycles. The molecule has 3 aromatic rings. The van der Waals surface area contributed by atoms with E-state index in [1.807, 2.05) is 18.7 Å². The van der Waals surface area contributed by atoms with Crippen molar-refractivity contribution in [2.45, 2.75) is 72.2 Å². The second kappa shape index (κ2) is 11.5. The van der Waals surface area contributed by atoms with Crippen molar-refractivity contribution >= 4 is 23.5 Å². The van der Waals surface area contributed by atoms with Crippen LogP contribution in [0.4, 0.5) is 15.0 Å². The Bertz CT molecular complexity index is 1390. The molecule has 0 fully saturated rings. The number of hydrogen-bond donors (Lipinski definition) is 1. The third-order valence-electron chi connectivity index (χ3n) is 6.08. The molecule has 40 heavy (non-hydrogen) atoms. The van der Waals surface area contributed by atoms with Gasteiger partial charge in [0.25, 0.3) is 0 Å². The van der Waals surface area contributed by atoms with Crippen molar-refractivity contribution in [2.75, 3.05) is 24.7 Å². The Morgan fingerprint density at radius 2 is 2.02 bits per heavy atom. The lowest BCUT2D eigenvalue weighted by atomic mass is 10.1. The van der Waals surface area contributed by atoms with Crippen LogP contribution in [-0.4, -0.2) is 69.1 Å². The Labute approximate surface area is 231 Å². The molecule has 0 aromatic carbocycles. The normalized spacial score (nSPS) is 16.5. The van der Waals surface area contributed by atoms with Gasteiger partial charge in [-0.2, -0.15) is 5.10 Å². The first-order chi connectivity index (χ1) is 18.9. The van der Waals surface area contributed by atoms with Crippen molar-refractivity contribution in [1.29, 1.82) is 0 Å². The number of hydrogen-bond acceptors (Lipinski definition) is 10. The molecule has 1 aliphatic heterocycles. The van der Waals surface area contributed by atoms with Gasteiger partial charge in [-0.1, -0.05) is 0 Å². The van der Waals surface area contributed by atoms with Gasteiger partial charge < -0.3 is 29.2 Å². The fourth-order valence-corrected chi connectivity index (χ4v) is 4.36. The van der Waals surface area contributed by atoms with Crippen molar-refractivity contribution in [3.63, 3.8) is 0 Å². The first-order valence-corrected chi connectivity index (χ1v) is 13.1. The lowest BCUT2D eigenvalue weighted by molar-refractivity contribution is 0.0490. The number of nitrogens with one attached hydrogen (secondary N) is 1. The van der Waals surface area contributed by atoms with E-state index in [1.165, 1.54) is 16.8 Å². The summed E-state index contributed by atoms with van der Waals surface area (Å²) in [6.07, 6.45) is 3.56. The number of carbonyl (C=O) groups excluding carboxylic acids is 2. The summed E-state index contributed by atoms with van der Waals surface area (Å²) in [6.45, 7) is 13.3. The highest BCUT2D eigenvalue weighted by Crippen LogP contribution is 2.40. The minimum Gasteiger partial charge on any atom is -0.486 e. The molecule has 0 spiro atoms. The molecule has 12 nitrogen and oxygen atoms in total. The average molecular weight is 559 g/mol. The summed E-state index contributed by atoms with van der Waals surface area (Å²) in [5.74, 6) is 0.0649. The fraction of sp³-hybridized carbons (Fsp3) is 0.519. The number of amides is 1. The molecule has 0 unspecified atom stereocenters. The van der Waals surface area contributed by atoms with Gasteiger partial charge in [0.2, 0.25) is 5.88 Å². The standard InChI is InChI=1S/C27H35FN6O6/c1-8-37-25(35)20-11-30-33-12-21-23(32-22(20)33)34(16(3)14-38-21)17(4)19-9-18(28)10-29-24(19)39-13-15(2)31-26(36)40-27(5,6)7/h9-12,15-17H,8,13-14H2,1-7H3,(H,31,36)/t15-,16-,17-/m1/s1. The Kier molecular flexibility index (Phi) is 8.31. The van der Waals surface area contributed by atoms with Crippen molar-refractivity contribution in [2.24, 2.45) is 0 Å². The highest BCUT2D eigenvalue weighted by molar-refractivity contribution is 5.96. The van der Waals surface area contributed by atoms with Crippen molar-refractivity contribution in [3.05, 3.63) is 41.6 Å². The van der Waals surface area contributed by atoms with E-state index in [2.05, 4.69) is 15.4 Å². The van der Waals surface area contributed by atoms with Crippen LogP contribution in [-0.2, 0) is 9.47 Å². The molecule has 1 aliphatic rings. The van der Waals surface area contributed by atoms with Crippen LogP contribution < -0.4 is 19.7 Å². The maximum Gasteiger partial charge on any atom is 0.407 e. The van der Waals surface area contributed by atoms with Gasteiger partial charge in [-0.25, -0.2) is 28.5 Å². The second-order valence-electron chi connectivity index (χ2n) is 10.6. The van der Waals surface area contributed by atoms with Gasteiger partial charge in [-0.15, -0.1) is 0 Å². The molecule has 1 amide bonds. The van der Waals surface area contributed by atoms with Gasteiger partial charge in [0, 0.05) is 5.56 Å². The lowest BCUT2D eigenvalue weighted by Gasteiger charge is -2.40. The van der Waals surface area contributed by atoms with Gasteiger partial charge in [-0.3, -0.25) is 0 Å². The molecular weight excluding hydrogens is 523 g/mol. The zero-order chi connectivity index (χ0) is 29.2. The van der Waals surface area contributed by atoms with E-state index in [-0.39, 0.29) is 30.7 Å². The van der Waals surface area contributed by atoms with Gasteiger partial charge in [0.1, 0.15) is 30.2 Å². The van der Waals surface area contributed by atoms with E-state index in [1.54, 1.807) is 40.8 Å². The van der Waals surface area contributed by atoms with Crippen LogP contribution in [0.5, 0.6) is 11.6 Å². The summed E-state index contributed by atoms with van der Waals surface area (Å²) in [5, 5.41) is 6.94. The van der Waals surface area contributed by atoms with E-state index in [9.17, 15) is 14.0 Å².